The lowest BCUT2D eigenvalue weighted by atomic mass is 10.4. The minimum atomic E-state index is -2.02. The molecule has 1 aliphatic rings. The van der Waals surface area contributed by atoms with Crippen molar-refractivity contribution in [1.82, 2.24) is 0 Å². The van der Waals surface area contributed by atoms with Crippen LogP contribution in [0.2, 0.25) is 24.3 Å². The lowest BCUT2D eigenvalue weighted by Gasteiger charge is -2.36. The van der Waals surface area contributed by atoms with E-state index < -0.39 is 16.9 Å². The van der Waals surface area contributed by atoms with Gasteiger partial charge < -0.3 is 13.3 Å². The third-order valence-electron chi connectivity index (χ3n) is 3.80. The fourth-order valence-electron chi connectivity index (χ4n) is 2.36. The summed E-state index contributed by atoms with van der Waals surface area (Å²) in [6.45, 7) is 4.42. The molecule has 0 bridgehead atoms. The van der Waals surface area contributed by atoms with Crippen LogP contribution in [-0.4, -0.2) is 38.2 Å². The Bertz CT molecular complexity index is 254. The highest BCUT2D eigenvalue weighted by Crippen LogP contribution is 2.38. The monoisotopic (exact) mass is 260 g/mol. The van der Waals surface area contributed by atoms with E-state index in [1.165, 1.54) is 12.8 Å². The Hall–Kier alpha value is 0.0538. The third kappa shape index (κ3) is 3.04. The van der Waals surface area contributed by atoms with Crippen LogP contribution in [0.15, 0.2) is 12.2 Å². The molecule has 0 N–H and O–H groups in total. The summed E-state index contributed by atoms with van der Waals surface area (Å²) < 4.78 is 17.1. The summed E-state index contributed by atoms with van der Waals surface area (Å²) in [6, 6.07) is 0. The summed E-state index contributed by atoms with van der Waals surface area (Å²) in [4.78, 5) is 0. The first kappa shape index (κ1) is 14.1. The van der Waals surface area contributed by atoms with Crippen LogP contribution in [0, 0.1) is 0 Å². The predicted octanol–water partition coefficient (Wildman–Crippen LogP) is 2.83. The maximum atomic E-state index is 5.88. The smallest absolute Gasteiger partial charge is 0.333 e. The van der Waals surface area contributed by atoms with Gasteiger partial charge in [-0.05, 0) is 31.5 Å². The van der Waals surface area contributed by atoms with Crippen LogP contribution in [0.25, 0.3) is 0 Å². The minimum Gasteiger partial charge on any atom is -0.420 e. The van der Waals surface area contributed by atoms with Gasteiger partial charge in [-0.1, -0.05) is 12.2 Å². The van der Waals surface area contributed by atoms with Gasteiger partial charge in [-0.15, -0.1) is 0 Å². The van der Waals surface area contributed by atoms with Crippen LogP contribution >= 0.6 is 0 Å². The Morgan fingerprint density at radius 2 is 1.75 bits per heavy atom. The zero-order chi connectivity index (χ0) is 12.2. The molecular formula is C11H24O3Si2. The molecule has 1 aliphatic carbocycles. The molecule has 0 aromatic heterocycles. The van der Waals surface area contributed by atoms with E-state index in [1.807, 2.05) is 7.11 Å². The molecule has 2 unspecified atom stereocenters. The highest BCUT2D eigenvalue weighted by molar-refractivity contribution is 6.89. The lowest BCUT2D eigenvalue weighted by Crippen LogP contribution is -2.50. The largest absolute Gasteiger partial charge is 0.420 e. The maximum absolute atomic E-state index is 5.88. The Kier molecular flexibility index (Phi) is 4.94. The first-order valence-corrected chi connectivity index (χ1v) is 11.0. The summed E-state index contributed by atoms with van der Waals surface area (Å²) in [5.74, 6) is 0. The second kappa shape index (κ2) is 5.59. The quantitative estimate of drug-likeness (QED) is 0.543. The summed E-state index contributed by atoms with van der Waals surface area (Å²) in [5.41, 5.74) is 1.62. The molecule has 16 heavy (non-hydrogen) atoms. The van der Waals surface area contributed by atoms with Gasteiger partial charge in [0, 0.05) is 27.0 Å². The molecule has 0 fully saturated rings. The van der Waals surface area contributed by atoms with Crippen LogP contribution in [0.5, 0.6) is 0 Å². The van der Waals surface area contributed by atoms with E-state index in [0.29, 0.717) is 5.54 Å². The predicted molar refractivity (Wildman–Crippen MR) is 71.2 cm³/mol. The van der Waals surface area contributed by atoms with Crippen LogP contribution in [-0.2, 0) is 13.3 Å². The SMILES string of the molecule is CO[Si](C)(C[Si](C)(OC)C1C=CCC1)OC. The molecule has 2 atom stereocenters. The molecule has 0 aliphatic heterocycles. The van der Waals surface area contributed by atoms with Crippen LogP contribution in [0.1, 0.15) is 12.8 Å². The van der Waals surface area contributed by atoms with Gasteiger partial charge in [-0.2, -0.15) is 0 Å². The Labute approximate surface area is 101 Å². The van der Waals surface area contributed by atoms with Crippen molar-refractivity contribution in [2.45, 2.75) is 37.1 Å². The average Bonchev–Trinajstić information content (AvgIpc) is 2.83. The molecule has 0 spiro atoms. The van der Waals surface area contributed by atoms with Crippen molar-refractivity contribution in [2.75, 3.05) is 21.3 Å². The molecule has 5 heteroatoms. The summed E-state index contributed by atoms with van der Waals surface area (Å²) >= 11 is 0. The van der Waals surface area contributed by atoms with Gasteiger partial charge in [-0.3, -0.25) is 0 Å². The van der Waals surface area contributed by atoms with Gasteiger partial charge in [0.25, 0.3) is 0 Å². The highest BCUT2D eigenvalue weighted by Gasteiger charge is 2.46. The molecule has 0 aromatic rings. The van der Waals surface area contributed by atoms with Gasteiger partial charge >= 0.3 is 8.56 Å². The Morgan fingerprint density at radius 3 is 2.12 bits per heavy atom. The number of allylic oxidation sites excluding steroid dienone is 2. The molecule has 0 radical (unpaired) electrons. The van der Waals surface area contributed by atoms with E-state index in [1.54, 1.807) is 14.2 Å². The number of rotatable bonds is 6. The van der Waals surface area contributed by atoms with E-state index in [-0.39, 0.29) is 0 Å². The Balaban J connectivity index is 2.76. The zero-order valence-corrected chi connectivity index (χ0v) is 13.1. The summed E-state index contributed by atoms with van der Waals surface area (Å²) in [6.07, 6.45) is 7.02. The van der Waals surface area contributed by atoms with Crippen LogP contribution < -0.4 is 0 Å². The zero-order valence-electron chi connectivity index (χ0n) is 11.1. The van der Waals surface area contributed by atoms with Crippen molar-refractivity contribution in [3.63, 3.8) is 0 Å². The third-order valence-corrected chi connectivity index (χ3v) is 13.9. The molecule has 0 saturated heterocycles. The van der Waals surface area contributed by atoms with Crippen molar-refractivity contribution < 1.29 is 13.3 Å². The molecule has 3 nitrogen and oxygen atoms in total. The van der Waals surface area contributed by atoms with Crippen LogP contribution in [0.4, 0.5) is 0 Å². The van der Waals surface area contributed by atoms with Crippen molar-refractivity contribution in [3.8, 4) is 0 Å². The molecule has 0 heterocycles. The van der Waals surface area contributed by atoms with Gasteiger partial charge in [0.2, 0.25) is 0 Å². The normalized spacial score (nSPS) is 24.7. The van der Waals surface area contributed by atoms with Crippen molar-refractivity contribution in [3.05, 3.63) is 12.2 Å². The van der Waals surface area contributed by atoms with Gasteiger partial charge in [0.15, 0.2) is 8.32 Å². The second-order valence-corrected chi connectivity index (χ2v) is 13.1. The topological polar surface area (TPSA) is 27.7 Å². The van der Waals surface area contributed by atoms with E-state index in [0.717, 1.165) is 5.67 Å². The molecule has 94 valence electrons. The number of hydrogen-bond acceptors (Lipinski definition) is 3. The van der Waals surface area contributed by atoms with Gasteiger partial charge in [-0.25, -0.2) is 0 Å². The summed E-state index contributed by atoms with van der Waals surface area (Å²) in [5, 5.41) is 0. The van der Waals surface area contributed by atoms with E-state index in [2.05, 4.69) is 25.2 Å². The second-order valence-electron chi connectivity index (χ2n) is 4.85. The molecule has 0 amide bonds. The van der Waals surface area contributed by atoms with E-state index >= 15 is 0 Å². The van der Waals surface area contributed by atoms with Crippen molar-refractivity contribution in [2.24, 2.45) is 0 Å². The van der Waals surface area contributed by atoms with E-state index in [9.17, 15) is 0 Å². The fraction of sp³-hybridized carbons (Fsp3) is 0.818. The van der Waals surface area contributed by atoms with E-state index in [4.69, 9.17) is 13.3 Å². The Morgan fingerprint density at radius 1 is 1.12 bits per heavy atom. The van der Waals surface area contributed by atoms with Crippen molar-refractivity contribution >= 4 is 16.9 Å². The summed E-state index contributed by atoms with van der Waals surface area (Å²) in [7, 11) is 1.59. The molecular weight excluding hydrogens is 236 g/mol. The van der Waals surface area contributed by atoms with Crippen molar-refractivity contribution in [1.29, 1.82) is 0 Å². The van der Waals surface area contributed by atoms with Crippen LogP contribution in [0.3, 0.4) is 0 Å². The number of hydrogen-bond donors (Lipinski definition) is 0. The maximum Gasteiger partial charge on any atom is 0.333 e. The standard InChI is InChI=1S/C11H24O3Si2/c1-12-15(4,11-8-6-7-9-11)10-16(5,13-2)14-3/h6,8,11H,7,9-10H2,1-5H3. The first-order chi connectivity index (χ1) is 7.49. The van der Waals surface area contributed by atoms with Gasteiger partial charge in [0.1, 0.15) is 0 Å². The van der Waals surface area contributed by atoms with Gasteiger partial charge in [0.05, 0.1) is 0 Å². The molecule has 1 rings (SSSR count). The molecule has 0 aromatic carbocycles. The average molecular weight is 260 g/mol. The first-order valence-electron chi connectivity index (χ1n) is 5.82. The minimum absolute atomic E-state index is 0.620. The highest BCUT2D eigenvalue weighted by atomic mass is 28.4. The fourth-order valence-corrected chi connectivity index (χ4v) is 12.0. The lowest BCUT2D eigenvalue weighted by molar-refractivity contribution is 0.251. The molecule has 0 saturated carbocycles.